The molecular formula is C29H39ClF2N8O4S. The van der Waals surface area contributed by atoms with Gasteiger partial charge in [0.05, 0.1) is 4.90 Å². The molecule has 0 unspecified atom stereocenters. The molecule has 0 spiro atoms. The van der Waals surface area contributed by atoms with E-state index in [1.807, 2.05) is 0 Å². The van der Waals surface area contributed by atoms with Crippen molar-refractivity contribution < 1.29 is 26.8 Å². The van der Waals surface area contributed by atoms with E-state index < -0.39 is 21.9 Å². The lowest BCUT2D eigenvalue weighted by Crippen LogP contribution is -2.49. The van der Waals surface area contributed by atoms with Crippen LogP contribution in [0.2, 0.25) is 5.15 Å². The van der Waals surface area contributed by atoms with Crippen LogP contribution in [-0.4, -0.2) is 87.5 Å². The number of sulfonamides is 1. The van der Waals surface area contributed by atoms with Crippen molar-refractivity contribution >= 4 is 45.1 Å². The van der Waals surface area contributed by atoms with Crippen LogP contribution in [0.3, 0.4) is 0 Å². The lowest BCUT2D eigenvalue weighted by molar-refractivity contribution is -0.117. The second kappa shape index (κ2) is 13.7. The van der Waals surface area contributed by atoms with E-state index in [2.05, 4.69) is 15.6 Å². The summed E-state index contributed by atoms with van der Waals surface area (Å²) in [6.07, 6.45) is 1.55. The number of nitrogens with zero attached hydrogens (tertiary/aromatic N) is 4. The zero-order valence-corrected chi connectivity index (χ0v) is 26.4. The summed E-state index contributed by atoms with van der Waals surface area (Å²) in [5.74, 6) is -3.94. The number of hydrogen-bond acceptors (Lipinski definition) is 8. The Kier molecular flexibility index (Phi) is 10.1. The highest BCUT2D eigenvalue weighted by Gasteiger charge is 2.44. The molecule has 3 amide bonds. The number of hydrogen-bond donors (Lipinski definition) is 4. The van der Waals surface area contributed by atoms with Crippen LogP contribution in [0.5, 0.6) is 0 Å². The maximum atomic E-state index is 15.8. The molecule has 16 heteroatoms. The Morgan fingerprint density at radius 1 is 1.07 bits per heavy atom. The monoisotopic (exact) mass is 668 g/mol. The summed E-state index contributed by atoms with van der Waals surface area (Å²) in [7, 11) is -3.83. The molecule has 0 bridgehead atoms. The van der Waals surface area contributed by atoms with Gasteiger partial charge in [0, 0.05) is 81.5 Å². The number of rotatable bonds is 9. The van der Waals surface area contributed by atoms with Crippen LogP contribution in [0.4, 0.5) is 25.1 Å². The highest BCUT2D eigenvalue weighted by molar-refractivity contribution is 7.89. The molecule has 6 N–H and O–H groups in total. The first-order valence-corrected chi connectivity index (χ1v) is 16.9. The van der Waals surface area contributed by atoms with Crippen molar-refractivity contribution in [3.8, 4) is 0 Å². The predicted molar refractivity (Wildman–Crippen MR) is 167 cm³/mol. The zero-order chi connectivity index (χ0) is 32.4. The van der Waals surface area contributed by atoms with Gasteiger partial charge in [-0.1, -0.05) is 11.6 Å². The maximum Gasteiger partial charge on any atom is 0.315 e. The fourth-order valence-corrected chi connectivity index (χ4v) is 7.81. The van der Waals surface area contributed by atoms with Gasteiger partial charge in [-0.25, -0.2) is 27.0 Å². The van der Waals surface area contributed by atoms with Crippen LogP contribution in [0.25, 0.3) is 0 Å². The second-order valence-electron chi connectivity index (χ2n) is 11.8. The van der Waals surface area contributed by atoms with E-state index in [1.54, 1.807) is 21.9 Å². The number of halogens is 3. The standard InChI is InChI=1S/C29H39ClF2N8O4S/c30-25-15-20(29(31,32)19-1-3-22(4-2-19)36-28(42)35-10-9-33)16-26(37-25)38-11-13-39(14-12-38)45(43,44)24-7-5-23(6-8-24)40-18-21(34)17-27(40)41/h5-8,15-16,19,21-22H,1-4,9-14,17-18,33-34H2,(H2,35,36,42)/t19-,21-,22+/m1/s1. The first kappa shape index (κ1) is 33.3. The molecule has 45 heavy (non-hydrogen) atoms. The van der Waals surface area contributed by atoms with Crippen LogP contribution < -0.4 is 31.9 Å². The Hall–Kier alpha value is -3.11. The SMILES string of the molecule is NCCNC(=O)N[C@H]1CC[C@@H](C(F)(F)c2cc(Cl)nc(N3CCN(S(=O)(=O)c4ccc(N5C[C@H](N)CC5=O)cc4)CC3)c2)CC1. The number of benzene rings is 1. The first-order chi connectivity index (χ1) is 21.4. The Morgan fingerprint density at radius 2 is 1.73 bits per heavy atom. The molecule has 0 radical (unpaired) electrons. The summed E-state index contributed by atoms with van der Waals surface area (Å²) in [5, 5.41) is 5.37. The maximum absolute atomic E-state index is 15.8. The van der Waals surface area contributed by atoms with Crippen LogP contribution in [0, 0.1) is 5.92 Å². The average Bonchev–Trinajstić information content (AvgIpc) is 3.37. The Labute approximate surface area is 266 Å². The molecule has 1 atom stereocenters. The van der Waals surface area contributed by atoms with Gasteiger partial charge < -0.3 is 31.9 Å². The summed E-state index contributed by atoms with van der Waals surface area (Å²) in [5.41, 5.74) is 11.6. The smallest absolute Gasteiger partial charge is 0.315 e. The predicted octanol–water partition coefficient (Wildman–Crippen LogP) is 2.22. The number of pyridine rings is 1. The fraction of sp³-hybridized carbons (Fsp3) is 0.552. The van der Waals surface area contributed by atoms with Crippen LogP contribution in [0.1, 0.15) is 37.7 Å². The van der Waals surface area contributed by atoms with E-state index in [1.165, 1.54) is 28.6 Å². The molecule has 1 aliphatic carbocycles. The van der Waals surface area contributed by atoms with Crippen LogP contribution in [-0.2, 0) is 20.7 Å². The Morgan fingerprint density at radius 3 is 2.33 bits per heavy atom. The minimum Gasteiger partial charge on any atom is -0.354 e. The fourth-order valence-electron chi connectivity index (χ4n) is 6.19. The minimum absolute atomic E-state index is 0.0679. The van der Waals surface area contributed by atoms with Crippen molar-refractivity contribution in [1.82, 2.24) is 19.9 Å². The van der Waals surface area contributed by atoms with Gasteiger partial charge in [-0.3, -0.25) is 4.79 Å². The van der Waals surface area contributed by atoms with E-state index in [9.17, 15) is 18.0 Å². The van der Waals surface area contributed by atoms with Crippen molar-refractivity contribution in [2.24, 2.45) is 17.4 Å². The van der Waals surface area contributed by atoms with Gasteiger partial charge in [0.25, 0.3) is 5.92 Å². The molecule has 3 heterocycles. The molecule has 2 saturated heterocycles. The average molecular weight is 669 g/mol. The third-order valence-electron chi connectivity index (χ3n) is 8.67. The molecule has 246 valence electrons. The van der Waals surface area contributed by atoms with E-state index in [4.69, 9.17) is 23.1 Å². The first-order valence-electron chi connectivity index (χ1n) is 15.1. The lowest BCUT2D eigenvalue weighted by atomic mass is 9.80. The van der Waals surface area contributed by atoms with Gasteiger partial charge >= 0.3 is 6.03 Å². The summed E-state index contributed by atoms with van der Waals surface area (Å²) in [4.78, 5) is 31.7. The van der Waals surface area contributed by atoms with Crippen molar-refractivity contribution in [2.45, 2.75) is 55.0 Å². The lowest BCUT2D eigenvalue weighted by Gasteiger charge is -2.36. The molecule has 2 aromatic rings. The number of urea groups is 1. The van der Waals surface area contributed by atoms with Gasteiger partial charge in [0.1, 0.15) is 11.0 Å². The number of anilines is 2. The van der Waals surface area contributed by atoms with E-state index in [-0.39, 0.29) is 90.9 Å². The topological polar surface area (TPSA) is 167 Å². The van der Waals surface area contributed by atoms with Crippen LogP contribution >= 0.6 is 11.6 Å². The number of nitrogens with two attached hydrogens (primary N) is 2. The van der Waals surface area contributed by atoms with Crippen molar-refractivity contribution in [2.75, 3.05) is 55.6 Å². The molecule has 3 fully saturated rings. The van der Waals surface area contributed by atoms with Gasteiger partial charge in [-0.05, 0) is 62.1 Å². The number of aromatic nitrogens is 1. The second-order valence-corrected chi connectivity index (χ2v) is 14.1. The number of piperazine rings is 1. The van der Waals surface area contributed by atoms with Gasteiger partial charge in [0.15, 0.2) is 0 Å². The Bertz CT molecular complexity index is 1480. The number of amides is 3. The summed E-state index contributed by atoms with van der Waals surface area (Å²) in [6, 6.07) is 7.87. The molecule has 5 rings (SSSR count). The minimum atomic E-state index is -3.83. The number of nitrogens with one attached hydrogen (secondary N) is 2. The highest BCUT2D eigenvalue weighted by atomic mass is 35.5. The molecule has 3 aliphatic rings. The molecule has 1 aromatic heterocycles. The van der Waals surface area contributed by atoms with Crippen molar-refractivity contribution in [3.05, 3.63) is 47.1 Å². The Balaban J connectivity index is 1.20. The molecule has 1 aromatic carbocycles. The summed E-state index contributed by atoms with van der Waals surface area (Å²) in [6.45, 7) is 1.75. The third kappa shape index (κ3) is 7.49. The van der Waals surface area contributed by atoms with Gasteiger partial charge in [-0.2, -0.15) is 4.31 Å². The van der Waals surface area contributed by atoms with Crippen LogP contribution in [0.15, 0.2) is 41.3 Å². The van der Waals surface area contributed by atoms with E-state index >= 15 is 8.78 Å². The van der Waals surface area contributed by atoms with E-state index in [0.717, 1.165) is 0 Å². The van der Waals surface area contributed by atoms with Gasteiger partial charge in [-0.15, -0.1) is 0 Å². The largest absolute Gasteiger partial charge is 0.354 e. The number of alkyl halides is 2. The van der Waals surface area contributed by atoms with Gasteiger partial charge in [0.2, 0.25) is 15.9 Å². The normalized spacial score (nSPS) is 23.3. The van der Waals surface area contributed by atoms with E-state index in [0.29, 0.717) is 38.2 Å². The highest BCUT2D eigenvalue weighted by Crippen LogP contribution is 2.45. The molecular weight excluding hydrogens is 630 g/mol. The summed E-state index contributed by atoms with van der Waals surface area (Å²) >= 11 is 6.22. The quantitative estimate of drug-likeness (QED) is 0.295. The number of carbonyl (C=O) groups is 2. The molecule has 1 saturated carbocycles. The molecule has 12 nitrogen and oxygen atoms in total. The zero-order valence-electron chi connectivity index (χ0n) is 24.8. The van der Waals surface area contributed by atoms with Crippen molar-refractivity contribution in [3.63, 3.8) is 0 Å². The number of carbonyl (C=O) groups excluding carboxylic acids is 2. The molecule has 2 aliphatic heterocycles. The van der Waals surface area contributed by atoms with Crippen molar-refractivity contribution in [1.29, 1.82) is 0 Å². The third-order valence-corrected chi connectivity index (χ3v) is 10.8. The summed E-state index contributed by atoms with van der Waals surface area (Å²) < 4.78 is 59.6.